The molecule has 0 aromatic carbocycles. The maximum absolute atomic E-state index is 12.6. The van der Waals surface area contributed by atoms with E-state index >= 15 is 0 Å². The Morgan fingerprint density at radius 1 is 0.952 bits per heavy atom. The molecule has 1 nitrogen and oxygen atoms in total. The molecule has 0 amide bonds. The van der Waals surface area contributed by atoms with Crippen LogP contribution in [0.5, 0.6) is 0 Å². The lowest BCUT2D eigenvalue weighted by atomic mass is 9.75. The zero-order valence-corrected chi connectivity index (χ0v) is 13.3. The Labute approximate surface area is 126 Å². The Kier molecular flexibility index (Phi) is 6.69. The van der Waals surface area contributed by atoms with E-state index in [0.717, 1.165) is 56.6 Å². The fourth-order valence-corrected chi connectivity index (χ4v) is 2.66. The molecule has 21 heavy (non-hydrogen) atoms. The van der Waals surface area contributed by atoms with Gasteiger partial charge in [-0.1, -0.05) is 58.9 Å². The van der Waals surface area contributed by atoms with Gasteiger partial charge in [0.25, 0.3) is 0 Å². The van der Waals surface area contributed by atoms with Crippen LogP contribution in [0, 0.1) is 0 Å². The van der Waals surface area contributed by atoms with E-state index < -0.39 is 11.9 Å². The SMILES string of the molecule is CCCCCC(C)(CCCC)c1ccc(C(F)(F)F)nc1. The average Bonchev–Trinajstić information content (AvgIpc) is 2.45. The second-order valence-electron chi connectivity index (χ2n) is 6.05. The third-order valence-corrected chi connectivity index (χ3v) is 4.17. The summed E-state index contributed by atoms with van der Waals surface area (Å²) in [6, 6.07) is 2.72. The maximum Gasteiger partial charge on any atom is 0.433 e. The molecular formula is C17H26F3N. The van der Waals surface area contributed by atoms with Crippen LogP contribution in [0.1, 0.15) is 77.0 Å². The van der Waals surface area contributed by atoms with Gasteiger partial charge in [-0.2, -0.15) is 13.2 Å². The van der Waals surface area contributed by atoms with Crippen molar-refractivity contribution in [1.29, 1.82) is 0 Å². The molecule has 0 aliphatic carbocycles. The van der Waals surface area contributed by atoms with Crippen molar-refractivity contribution in [2.75, 3.05) is 0 Å². The summed E-state index contributed by atoms with van der Waals surface area (Å²) in [7, 11) is 0. The molecule has 0 N–H and O–H groups in total. The second kappa shape index (κ2) is 7.81. The number of halogens is 3. The predicted octanol–water partition coefficient (Wildman–Crippen LogP) is 6.13. The highest BCUT2D eigenvalue weighted by Crippen LogP contribution is 2.36. The molecule has 1 aromatic rings. The van der Waals surface area contributed by atoms with Crippen LogP contribution in [-0.2, 0) is 11.6 Å². The van der Waals surface area contributed by atoms with Crippen molar-refractivity contribution in [2.45, 2.75) is 77.3 Å². The fraction of sp³-hybridized carbons (Fsp3) is 0.706. The first-order chi connectivity index (χ1) is 9.83. The molecule has 1 heterocycles. The van der Waals surface area contributed by atoms with Gasteiger partial charge in [-0.15, -0.1) is 0 Å². The summed E-state index contributed by atoms with van der Waals surface area (Å²) in [5.74, 6) is 0. The molecule has 1 rings (SSSR count). The third-order valence-electron chi connectivity index (χ3n) is 4.17. The number of rotatable bonds is 8. The zero-order chi connectivity index (χ0) is 15.9. The summed E-state index contributed by atoms with van der Waals surface area (Å²) in [6.45, 7) is 6.45. The fourth-order valence-electron chi connectivity index (χ4n) is 2.66. The van der Waals surface area contributed by atoms with Crippen molar-refractivity contribution in [3.63, 3.8) is 0 Å². The molecule has 120 valence electrons. The number of pyridine rings is 1. The van der Waals surface area contributed by atoms with Crippen LogP contribution in [0.4, 0.5) is 13.2 Å². The van der Waals surface area contributed by atoms with Gasteiger partial charge in [-0.25, -0.2) is 0 Å². The number of aromatic nitrogens is 1. The van der Waals surface area contributed by atoms with Crippen LogP contribution < -0.4 is 0 Å². The minimum absolute atomic E-state index is 0.0672. The largest absolute Gasteiger partial charge is 0.433 e. The molecule has 0 spiro atoms. The van der Waals surface area contributed by atoms with Gasteiger partial charge in [0.2, 0.25) is 0 Å². The van der Waals surface area contributed by atoms with E-state index in [1.54, 1.807) is 6.07 Å². The molecule has 0 saturated carbocycles. The first kappa shape index (κ1) is 18.0. The second-order valence-corrected chi connectivity index (χ2v) is 6.05. The smallest absolute Gasteiger partial charge is 0.251 e. The Bertz CT molecular complexity index is 411. The third kappa shape index (κ3) is 5.33. The summed E-state index contributed by atoms with van der Waals surface area (Å²) < 4.78 is 37.8. The van der Waals surface area contributed by atoms with Gasteiger partial charge in [-0.3, -0.25) is 4.98 Å². The van der Waals surface area contributed by atoms with Crippen LogP contribution in [0.25, 0.3) is 0 Å². The molecule has 4 heteroatoms. The molecule has 0 fully saturated rings. The molecule has 1 unspecified atom stereocenters. The van der Waals surface area contributed by atoms with E-state index in [9.17, 15) is 13.2 Å². The van der Waals surface area contributed by atoms with Gasteiger partial charge < -0.3 is 0 Å². The molecule has 0 bridgehead atoms. The summed E-state index contributed by atoms with van der Waals surface area (Å²) in [6.07, 6.45) is 4.67. The number of hydrogen-bond acceptors (Lipinski definition) is 1. The molecule has 1 atom stereocenters. The van der Waals surface area contributed by atoms with Crippen molar-refractivity contribution in [3.05, 3.63) is 29.6 Å². The van der Waals surface area contributed by atoms with E-state index in [1.165, 1.54) is 6.20 Å². The van der Waals surface area contributed by atoms with Gasteiger partial charge in [-0.05, 0) is 29.9 Å². The minimum Gasteiger partial charge on any atom is -0.251 e. The van der Waals surface area contributed by atoms with Crippen molar-refractivity contribution in [2.24, 2.45) is 0 Å². The first-order valence-electron chi connectivity index (χ1n) is 7.87. The van der Waals surface area contributed by atoms with E-state index in [4.69, 9.17) is 0 Å². The van der Waals surface area contributed by atoms with Crippen LogP contribution in [0.15, 0.2) is 18.3 Å². The van der Waals surface area contributed by atoms with Crippen molar-refractivity contribution >= 4 is 0 Å². The predicted molar refractivity (Wildman–Crippen MR) is 80.3 cm³/mol. The van der Waals surface area contributed by atoms with Gasteiger partial charge in [0.1, 0.15) is 5.69 Å². The number of hydrogen-bond donors (Lipinski definition) is 0. The summed E-state index contributed by atoms with van der Waals surface area (Å²) >= 11 is 0. The molecule has 0 radical (unpaired) electrons. The standard InChI is InChI=1S/C17H26F3N/c1-4-6-8-12-16(3,11-7-5-2)14-9-10-15(21-13-14)17(18,19)20/h9-10,13H,4-8,11-12H2,1-3H3. The van der Waals surface area contributed by atoms with E-state index in [-0.39, 0.29) is 5.41 Å². The quantitative estimate of drug-likeness (QED) is 0.526. The van der Waals surface area contributed by atoms with Gasteiger partial charge in [0.05, 0.1) is 0 Å². The van der Waals surface area contributed by atoms with Gasteiger partial charge in [0.15, 0.2) is 0 Å². The lowest BCUT2D eigenvalue weighted by Gasteiger charge is -2.30. The van der Waals surface area contributed by atoms with Gasteiger partial charge in [0, 0.05) is 6.20 Å². The summed E-state index contributed by atoms with van der Waals surface area (Å²) in [4.78, 5) is 3.63. The highest BCUT2D eigenvalue weighted by atomic mass is 19.4. The minimum atomic E-state index is -4.36. The van der Waals surface area contributed by atoms with Crippen molar-refractivity contribution in [3.8, 4) is 0 Å². The normalized spacial score (nSPS) is 15.0. The molecular weight excluding hydrogens is 275 g/mol. The van der Waals surface area contributed by atoms with Crippen LogP contribution in [0.3, 0.4) is 0 Å². The van der Waals surface area contributed by atoms with Crippen molar-refractivity contribution < 1.29 is 13.2 Å². The Balaban J connectivity index is 2.91. The monoisotopic (exact) mass is 301 g/mol. The number of alkyl halides is 3. The lowest BCUT2D eigenvalue weighted by molar-refractivity contribution is -0.141. The number of unbranched alkanes of at least 4 members (excludes halogenated alkanes) is 3. The molecule has 1 aromatic heterocycles. The van der Waals surface area contributed by atoms with Crippen molar-refractivity contribution in [1.82, 2.24) is 4.98 Å². The molecule has 0 aliphatic heterocycles. The first-order valence-corrected chi connectivity index (χ1v) is 7.87. The van der Waals surface area contributed by atoms with E-state index in [2.05, 4.69) is 25.8 Å². The Morgan fingerprint density at radius 2 is 1.57 bits per heavy atom. The Morgan fingerprint density at radius 3 is 2.05 bits per heavy atom. The topological polar surface area (TPSA) is 12.9 Å². The highest BCUT2D eigenvalue weighted by Gasteiger charge is 2.33. The molecule has 0 aliphatic rings. The van der Waals surface area contributed by atoms with Gasteiger partial charge >= 0.3 is 6.18 Å². The van der Waals surface area contributed by atoms with E-state index in [1.807, 2.05) is 0 Å². The van der Waals surface area contributed by atoms with Crippen LogP contribution in [-0.4, -0.2) is 4.98 Å². The molecule has 0 saturated heterocycles. The highest BCUT2D eigenvalue weighted by molar-refractivity contribution is 5.24. The number of nitrogens with zero attached hydrogens (tertiary/aromatic N) is 1. The zero-order valence-electron chi connectivity index (χ0n) is 13.3. The summed E-state index contributed by atoms with van der Waals surface area (Å²) in [5, 5.41) is 0. The lowest BCUT2D eigenvalue weighted by Crippen LogP contribution is -2.23. The summed E-state index contributed by atoms with van der Waals surface area (Å²) in [5.41, 5.74) is 0.0557. The Hall–Kier alpha value is -1.06. The van der Waals surface area contributed by atoms with Crippen LogP contribution in [0.2, 0.25) is 0 Å². The van der Waals surface area contributed by atoms with E-state index in [0.29, 0.717) is 0 Å². The maximum atomic E-state index is 12.6. The van der Waals surface area contributed by atoms with Crippen LogP contribution >= 0.6 is 0 Å². The average molecular weight is 301 g/mol.